The number of rotatable bonds is 8. The van der Waals surface area contributed by atoms with Gasteiger partial charge in [0.05, 0.1) is 19.2 Å². The van der Waals surface area contributed by atoms with E-state index in [-0.39, 0.29) is 37.4 Å². The summed E-state index contributed by atoms with van der Waals surface area (Å²) in [5.74, 6) is -0.633. The van der Waals surface area contributed by atoms with E-state index in [1.807, 2.05) is 0 Å². The molecule has 0 aliphatic carbocycles. The highest BCUT2D eigenvalue weighted by molar-refractivity contribution is 6.31. The van der Waals surface area contributed by atoms with Gasteiger partial charge in [0.2, 0.25) is 5.91 Å². The van der Waals surface area contributed by atoms with Crippen LogP contribution in [0.25, 0.3) is 0 Å². The van der Waals surface area contributed by atoms with Crippen LogP contribution in [-0.2, 0) is 4.79 Å². The second kappa shape index (κ2) is 10.2. The van der Waals surface area contributed by atoms with Crippen molar-refractivity contribution in [2.75, 3.05) is 26.7 Å². The number of carbonyl (C=O) groups excluding carboxylic acids is 3. The van der Waals surface area contributed by atoms with E-state index in [9.17, 15) is 14.4 Å². The highest BCUT2D eigenvalue weighted by Gasteiger charge is 2.12. The van der Waals surface area contributed by atoms with Crippen LogP contribution < -0.4 is 20.7 Å². The summed E-state index contributed by atoms with van der Waals surface area (Å²) in [6.45, 7) is 0.283. The zero-order chi connectivity index (χ0) is 19.6. The van der Waals surface area contributed by atoms with Crippen LogP contribution in [0, 0.1) is 0 Å². The lowest BCUT2D eigenvalue weighted by Gasteiger charge is -2.10. The summed E-state index contributed by atoms with van der Waals surface area (Å²) >= 11 is 5.90. The summed E-state index contributed by atoms with van der Waals surface area (Å²) < 4.78 is 5.13. The molecule has 142 valence electrons. The van der Waals surface area contributed by atoms with Crippen LogP contribution in [0.5, 0.6) is 5.75 Å². The number of halogens is 1. The van der Waals surface area contributed by atoms with Crippen molar-refractivity contribution in [3.8, 4) is 5.75 Å². The molecule has 0 heterocycles. The van der Waals surface area contributed by atoms with Gasteiger partial charge in [0.1, 0.15) is 5.75 Å². The third-order valence-corrected chi connectivity index (χ3v) is 3.82. The number of nitrogens with one attached hydrogen (secondary N) is 3. The van der Waals surface area contributed by atoms with Gasteiger partial charge in [-0.25, -0.2) is 0 Å². The normalized spacial score (nSPS) is 10.0. The van der Waals surface area contributed by atoms with E-state index in [2.05, 4.69) is 16.0 Å². The first kappa shape index (κ1) is 20.3. The van der Waals surface area contributed by atoms with E-state index in [1.165, 1.54) is 13.2 Å². The van der Waals surface area contributed by atoms with Gasteiger partial charge in [0.25, 0.3) is 11.8 Å². The van der Waals surface area contributed by atoms with Gasteiger partial charge in [-0.05, 0) is 30.3 Å². The molecule has 0 aliphatic heterocycles. The Hall–Kier alpha value is -3.06. The maximum Gasteiger partial charge on any atom is 0.255 e. The van der Waals surface area contributed by atoms with Gasteiger partial charge in [-0.15, -0.1) is 0 Å². The predicted molar refractivity (Wildman–Crippen MR) is 102 cm³/mol. The molecule has 8 heteroatoms. The molecular weight excluding hydrogens is 370 g/mol. The van der Waals surface area contributed by atoms with Crippen molar-refractivity contribution in [3.63, 3.8) is 0 Å². The van der Waals surface area contributed by atoms with E-state index in [0.717, 1.165) is 0 Å². The Labute approximate surface area is 162 Å². The summed E-state index contributed by atoms with van der Waals surface area (Å²) in [5.41, 5.74) is 0.791. The summed E-state index contributed by atoms with van der Waals surface area (Å²) in [4.78, 5) is 35.8. The van der Waals surface area contributed by atoms with Crippen LogP contribution in [-0.4, -0.2) is 44.5 Å². The van der Waals surface area contributed by atoms with E-state index in [1.54, 1.807) is 42.5 Å². The summed E-state index contributed by atoms with van der Waals surface area (Å²) in [6, 6.07) is 13.3. The minimum atomic E-state index is -0.360. The first-order valence-electron chi connectivity index (χ1n) is 8.23. The van der Waals surface area contributed by atoms with Crippen molar-refractivity contribution in [1.82, 2.24) is 16.0 Å². The molecule has 27 heavy (non-hydrogen) atoms. The Kier molecular flexibility index (Phi) is 7.63. The first-order valence-corrected chi connectivity index (χ1v) is 8.60. The largest absolute Gasteiger partial charge is 0.496 e. The van der Waals surface area contributed by atoms with Crippen LogP contribution in [0.3, 0.4) is 0 Å². The first-order chi connectivity index (χ1) is 13.0. The van der Waals surface area contributed by atoms with Gasteiger partial charge in [0.15, 0.2) is 0 Å². The van der Waals surface area contributed by atoms with Crippen molar-refractivity contribution in [1.29, 1.82) is 0 Å². The standard InChI is InChI=1S/C19H20ClN3O4/c1-27-16-8-7-14(20)11-15(16)19(26)22-10-9-21-17(24)12-23-18(25)13-5-3-2-4-6-13/h2-8,11H,9-10,12H2,1H3,(H,21,24)(H,22,26)(H,23,25). The van der Waals surface area contributed by atoms with Crippen LogP contribution >= 0.6 is 11.6 Å². The van der Waals surface area contributed by atoms with Crippen LogP contribution in [0.15, 0.2) is 48.5 Å². The molecule has 0 unspecified atom stereocenters. The highest BCUT2D eigenvalue weighted by Crippen LogP contribution is 2.22. The van der Waals surface area contributed by atoms with Crippen molar-refractivity contribution in [2.24, 2.45) is 0 Å². The Morgan fingerprint density at radius 2 is 1.63 bits per heavy atom. The van der Waals surface area contributed by atoms with Crippen molar-refractivity contribution < 1.29 is 19.1 Å². The molecular formula is C19H20ClN3O4. The second-order valence-electron chi connectivity index (χ2n) is 5.50. The number of methoxy groups -OCH3 is 1. The van der Waals surface area contributed by atoms with Crippen molar-refractivity contribution >= 4 is 29.3 Å². The average molecular weight is 390 g/mol. The number of hydrogen-bond donors (Lipinski definition) is 3. The summed E-state index contributed by atoms with van der Waals surface area (Å²) in [6.07, 6.45) is 0. The average Bonchev–Trinajstić information content (AvgIpc) is 2.69. The second-order valence-corrected chi connectivity index (χ2v) is 5.94. The molecule has 0 saturated carbocycles. The van der Waals surface area contributed by atoms with Gasteiger partial charge >= 0.3 is 0 Å². The lowest BCUT2D eigenvalue weighted by atomic mass is 10.2. The number of benzene rings is 2. The van der Waals surface area contributed by atoms with Crippen LogP contribution in [0.2, 0.25) is 5.02 Å². The zero-order valence-corrected chi connectivity index (χ0v) is 15.5. The molecule has 0 aliphatic rings. The molecule has 0 aromatic heterocycles. The maximum atomic E-state index is 12.2. The number of carbonyl (C=O) groups is 3. The molecule has 0 radical (unpaired) electrons. The molecule has 0 atom stereocenters. The molecule has 2 aromatic carbocycles. The molecule has 0 saturated heterocycles. The number of amides is 3. The van der Waals surface area contributed by atoms with Crippen molar-refractivity contribution in [2.45, 2.75) is 0 Å². The Balaban J connectivity index is 1.70. The topological polar surface area (TPSA) is 96.5 Å². The zero-order valence-electron chi connectivity index (χ0n) is 14.8. The maximum absolute atomic E-state index is 12.2. The lowest BCUT2D eigenvalue weighted by molar-refractivity contribution is -0.120. The Bertz CT molecular complexity index is 812. The van der Waals surface area contributed by atoms with E-state index < -0.39 is 0 Å². The lowest BCUT2D eigenvalue weighted by Crippen LogP contribution is -2.40. The van der Waals surface area contributed by atoms with E-state index in [4.69, 9.17) is 16.3 Å². The predicted octanol–water partition coefficient (Wildman–Crippen LogP) is 1.62. The monoisotopic (exact) mass is 389 g/mol. The molecule has 0 bridgehead atoms. The smallest absolute Gasteiger partial charge is 0.255 e. The molecule has 3 amide bonds. The Morgan fingerprint density at radius 3 is 2.33 bits per heavy atom. The molecule has 0 spiro atoms. The number of hydrogen-bond acceptors (Lipinski definition) is 4. The van der Waals surface area contributed by atoms with Gasteiger partial charge in [-0.2, -0.15) is 0 Å². The third-order valence-electron chi connectivity index (χ3n) is 3.58. The van der Waals surface area contributed by atoms with Gasteiger partial charge in [0, 0.05) is 23.7 Å². The highest BCUT2D eigenvalue weighted by atomic mass is 35.5. The fourth-order valence-electron chi connectivity index (χ4n) is 2.25. The van der Waals surface area contributed by atoms with Gasteiger partial charge in [-0.1, -0.05) is 29.8 Å². The quantitative estimate of drug-likeness (QED) is 0.598. The minimum absolute atomic E-state index is 0.149. The molecule has 0 fully saturated rings. The van der Waals surface area contributed by atoms with Crippen LogP contribution in [0.1, 0.15) is 20.7 Å². The van der Waals surface area contributed by atoms with E-state index >= 15 is 0 Å². The molecule has 2 aromatic rings. The fourth-order valence-corrected chi connectivity index (χ4v) is 2.42. The Morgan fingerprint density at radius 1 is 0.926 bits per heavy atom. The minimum Gasteiger partial charge on any atom is -0.496 e. The molecule has 2 rings (SSSR count). The summed E-state index contributed by atoms with van der Waals surface area (Å²) in [7, 11) is 1.46. The molecule has 3 N–H and O–H groups in total. The third kappa shape index (κ3) is 6.31. The fraction of sp³-hybridized carbons (Fsp3) is 0.211. The number of ether oxygens (including phenoxy) is 1. The SMILES string of the molecule is COc1ccc(Cl)cc1C(=O)NCCNC(=O)CNC(=O)c1ccccc1. The van der Waals surface area contributed by atoms with Gasteiger partial charge in [-0.3, -0.25) is 14.4 Å². The van der Waals surface area contributed by atoms with Crippen LogP contribution in [0.4, 0.5) is 0 Å². The van der Waals surface area contributed by atoms with Gasteiger partial charge < -0.3 is 20.7 Å². The molecule has 7 nitrogen and oxygen atoms in total. The van der Waals surface area contributed by atoms with E-state index in [0.29, 0.717) is 21.9 Å². The summed E-state index contributed by atoms with van der Waals surface area (Å²) in [5, 5.41) is 8.22. The van der Waals surface area contributed by atoms with Crippen molar-refractivity contribution in [3.05, 3.63) is 64.7 Å².